The standard InChI is InChI=1S/C21H21FN6O/c1-26-7-9-28(10-8-26)16-4-5-17(18(22)12-16)21-24-20(25-29-21)14-3-6-19-15(11-14)13-23-27(19)2/h3-6,11-13H,7-10H2,1-2H3. The number of fused-ring (bicyclic) bond motifs is 1. The van der Waals surface area contributed by atoms with Crippen molar-refractivity contribution >= 4 is 16.6 Å². The van der Waals surface area contributed by atoms with Gasteiger partial charge in [-0.1, -0.05) is 5.16 Å². The zero-order chi connectivity index (χ0) is 20.0. The molecular weight excluding hydrogens is 371 g/mol. The Morgan fingerprint density at radius 3 is 2.62 bits per heavy atom. The molecule has 4 aromatic rings. The van der Waals surface area contributed by atoms with Crippen LogP contribution in [0.1, 0.15) is 0 Å². The van der Waals surface area contributed by atoms with Gasteiger partial charge < -0.3 is 14.3 Å². The summed E-state index contributed by atoms with van der Waals surface area (Å²) >= 11 is 0. The fourth-order valence-electron chi connectivity index (χ4n) is 3.69. The summed E-state index contributed by atoms with van der Waals surface area (Å²) in [7, 11) is 3.99. The van der Waals surface area contributed by atoms with E-state index in [1.807, 2.05) is 31.3 Å². The molecule has 1 aliphatic rings. The second-order valence-electron chi connectivity index (χ2n) is 7.42. The van der Waals surface area contributed by atoms with Gasteiger partial charge in [-0.25, -0.2) is 4.39 Å². The lowest BCUT2D eigenvalue weighted by molar-refractivity contribution is 0.313. The van der Waals surface area contributed by atoms with E-state index in [4.69, 9.17) is 4.52 Å². The molecule has 7 nitrogen and oxygen atoms in total. The molecular formula is C21H21FN6O. The Hall–Kier alpha value is -3.26. The molecule has 0 spiro atoms. The summed E-state index contributed by atoms with van der Waals surface area (Å²) in [6.07, 6.45) is 1.79. The molecule has 0 unspecified atom stereocenters. The molecule has 0 amide bonds. The summed E-state index contributed by atoms with van der Waals surface area (Å²) in [5, 5.41) is 9.27. The number of piperazine rings is 1. The predicted octanol–water partition coefficient (Wildman–Crippen LogP) is 3.18. The van der Waals surface area contributed by atoms with Crippen molar-refractivity contribution in [3.63, 3.8) is 0 Å². The van der Waals surface area contributed by atoms with Crippen molar-refractivity contribution < 1.29 is 8.91 Å². The molecule has 0 bridgehead atoms. The first-order valence-corrected chi connectivity index (χ1v) is 9.58. The van der Waals surface area contributed by atoms with Crippen LogP contribution < -0.4 is 4.90 Å². The second kappa shape index (κ2) is 6.97. The lowest BCUT2D eigenvalue weighted by atomic mass is 10.1. The van der Waals surface area contributed by atoms with Crippen LogP contribution in [0, 0.1) is 5.82 Å². The third-order valence-corrected chi connectivity index (χ3v) is 5.48. The number of aromatic nitrogens is 4. The Morgan fingerprint density at radius 1 is 1.00 bits per heavy atom. The van der Waals surface area contributed by atoms with E-state index in [0.717, 1.165) is 48.3 Å². The number of hydrogen-bond donors (Lipinski definition) is 0. The lowest BCUT2D eigenvalue weighted by Crippen LogP contribution is -2.44. The normalized spacial score (nSPS) is 15.3. The molecule has 2 aromatic carbocycles. The summed E-state index contributed by atoms with van der Waals surface area (Å²) in [5.41, 5.74) is 3.00. The summed E-state index contributed by atoms with van der Waals surface area (Å²) in [6, 6.07) is 11.0. The van der Waals surface area contributed by atoms with Crippen molar-refractivity contribution in [3.05, 3.63) is 48.4 Å². The molecule has 1 saturated heterocycles. The SMILES string of the molecule is CN1CCN(c2ccc(-c3nc(-c4ccc5c(cnn5C)c4)no3)c(F)c2)CC1. The van der Waals surface area contributed by atoms with Gasteiger partial charge in [-0.05, 0) is 43.4 Å². The molecule has 5 rings (SSSR count). The molecule has 0 aliphatic carbocycles. The smallest absolute Gasteiger partial charge is 0.261 e. The average molecular weight is 392 g/mol. The van der Waals surface area contributed by atoms with E-state index in [9.17, 15) is 4.39 Å². The zero-order valence-corrected chi connectivity index (χ0v) is 16.3. The van der Waals surface area contributed by atoms with Gasteiger partial charge in [0.25, 0.3) is 5.89 Å². The maximum absolute atomic E-state index is 14.8. The first-order valence-electron chi connectivity index (χ1n) is 9.58. The minimum atomic E-state index is -0.362. The van der Waals surface area contributed by atoms with Gasteiger partial charge in [-0.2, -0.15) is 10.1 Å². The monoisotopic (exact) mass is 392 g/mol. The van der Waals surface area contributed by atoms with Gasteiger partial charge in [-0.3, -0.25) is 4.68 Å². The highest BCUT2D eigenvalue weighted by Crippen LogP contribution is 2.29. The number of likely N-dealkylation sites (N-methyl/N-ethyl adjacent to an activating group) is 1. The summed E-state index contributed by atoms with van der Waals surface area (Å²) < 4.78 is 22.0. The first-order chi connectivity index (χ1) is 14.1. The van der Waals surface area contributed by atoms with Crippen molar-refractivity contribution in [1.29, 1.82) is 0 Å². The van der Waals surface area contributed by atoms with Crippen molar-refractivity contribution in [2.24, 2.45) is 7.05 Å². The fourth-order valence-corrected chi connectivity index (χ4v) is 3.69. The maximum Gasteiger partial charge on any atom is 0.261 e. The van der Waals surface area contributed by atoms with E-state index in [-0.39, 0.29) is 11.7 Å². The van der Waals surface area contributed by atoms with Crippen molar-refractivity contribution in [2.45, 2.75) is 0 Å². The molecule has 148 valence electrons. The quantitative estimate of drug-likeness (QED) is 0.534. The van der Waals surface area contributed by atoms with E-state index < -0.39 is 0 Å². The Kier molecular flexibility index (Phi) is 4.28. The van der Waals surface area contributed by atoms with Gasteiger partial charge >= 0.3 is 0 Å². The number of nitrogens with zero attached hydrogens (tertiary/aromatic N) is 6. The number of rotatable bonds is 3. The van der Waals surface area contributed by atoms with Crippen LogP contribution in [0.2, 0.25) is 0 Å². The number of hydrogen-bond acceptors (Lipinski definition) is 6. The molecule has 0 atom stereocenters. The average Bonchev–Trinajstić information content (AvgIpc) is 3.36. The van der Waals surface area contributed by atoms with Gasteiger partial charge in [0, 0.05) is 49.9 Å². The largest absolute Gasteiger partial charge is 0.369 e. The third kappa shape index (κ3) is 3.25. The summed E-state index contributed by atoms with van der Waals surface area (Å²) in [6.45, 7) is 3.71. The Balaban J connectivity index is 1.42. The van der Waals surface area contributed by atoms with E-state index in [1.54, 1.807) is 23.0 Å². The molecule has 1 aliphatic heterocycles. The molecule has 3 heterocycles. The van der Waals surface area contributed by atoms with Crippen molar-refractivity contribution in [1.82, 2.24) is 24.8 Å². The van der Waals surface area contributed by atoms with Crippen LogP contribution in [0.15, 0.2) is 47.1 Å². The molecule has 0 saturated carbocycles. The minimum Gasteiger partial charge on any atom is -0.369 e. The Labute approximate surface area is 167 Å². The highest BCUT2D eigenvalue weighted by atomic mass is 19.1. The van der Waals surface area contributed by atoms with Gasteiger partial charge in [0.15, 0.2) is 0 Å². The van der Waals surface area contributed by atoms with Gasteiger partial charge in [0.2, 0.25) is 5.82 Å². The Bertz CT molecular complexity index is 1180. The number of benzene rings is 2. The lowest BCUT2D eigenvalue weighted by Gasteiger charge is -2.34. The first kappa shape index (κ1) is 17.8. The van der Waals surface area contributed by atoms with E-state index >= 15 is 0 Å². The molecule has 0 N–H and O–H groups in total. The van der Waals surface area contributed by atoms with Gasteiger partial charge in [-0.15, -0.1) is 0 Å². The van der Waals surface area contributed by atoms with E-state index in [1.165, 1.54) is 0 Å². The maximum atomic E-state index is 14.8. The van der Waals surface area contributed by atoms with E-state index in [0.29, 0.717) is 11.4 Å². The molecule has 0 radical (unpaired) electrons. The van der Waals surface area contributed by atoms with Crippen molar-refractivity contribution in [2.75, 3.05) is 38.1 Å². The van der Waals surface area contributed by atoms with Crippen LogP contribution in [0.5, 0.6) is 0 Å². The van der Waals surface area contributed by atoms with Crippen LogP contribution in [0.3, 0.4) is 0 Å². The van der Waals surface area contributed by atoms with Crippen LogP contribution in [0.4, 0.5) is 10.1 Å². The number of anilines is 1. The summed E-state index contributed by atoms with van der Waals surface area (Å²) in [5.74, 6) is 0.237. The fraction of sp³-hybridized carbons (Fsp3) is 0.286. The van der Waals surface area contributed by atoms with E-state index in [2.05, 4.69) is 32.1 Å². The van der Waals surface area contributed by atoms with Crippen LogP contribution in [-0.2, 0) is 7.05 Å². The third-order valence-electron chi connectivity index (χ3n) is 5.48. The second-order valence-corrected chi connectivity index (χ2v) is 7.42. The molecule has 1 fully saturated rings. The van der Waals surface area contributed by atoms with Crippen molar-refractivity contribution in [3.8, 4) is 22.8 Å². The minimum absolute atomic E-state index is 0.175. The molecule has 2 aromatic heterocycles. The highest BCUT2D eigenvalue weighted by molar-refractivity contribution is 5.83. The topological polar surface area (TPSA) is 63.2 Å². The number of halogens is 1. The predicted molar refractivity (Wildman–Crippen MR) is 109 cm³/mol. The highest BCUT2D eigenvalue weighted by Gasteiger charge is 2.19. The van der Waals surface area contributed by atoms with Gasteiger partial charge in [0.05, 0.1) is 17.3 Å². The number of aryl methyl sites for hydroxylation is 1. The van der Waals surface area contributed by atoms with Crippen LogP contribution in [0.25, 0.3) is 33.7 Å². The van der Waals surface area contributed by atoms with Gasteiger partial charge in [0.1, 0.15) is 5.82 Å². The molecule has 29 heavy (non-hydrogen) atoms. The van der Waals surface area contributed by atoms with Crippen LogP contribution >= 0.6 is 0 Å². The summed E-state index contributed by atoms with van der Waals surface area (Å²) in [4.78, 5) is 8.87. The Morgan fingerprint density at radius 2 is 1.83 bits per heavy atom. The van der Waals surface area contributed by atoms with Crippen LogP contribution in [-0.4, -0.2) is 58.0 Å². The molecule has 8 heteroatoms. The zero-order valence-electron chi connectivity index (χ0n) is 16.3.